The van der Waals surface area contributed by atoms with Crippen LogP contribution in [-0.2, 0) is 16.8 Å². The summed E-state index contributed by atoms with van der Waals surface area (Å²) in [6.45, 7) is 4.62. The molecule has 0 saturated heterocycles. The lowest BCUT2D eigenvalue weighted by Crippen LogP contribution is -2.34. The first kappa shape index (κ1) is 11.1. The van der Waals surface area contributed by atoms with Gasteiger partial charge in [-0.15, -0.1) is 5.10 Å². The number of aryl methyl sites for hydroxylation is 1. The van der Waals surface area contributed by atoms with E-state index in [-0.39, 0.29) is 0 Å². The van der Waals surface area contributed by atoms with Crippen LogP contribution in [0.2, 0.25) is 0 Å². The van der Waals surface area contributed by atoms with E-state index >= 15 is 0 Å². The molecule has 0 unspecified atom stereocenters. The molecule has 2 rings (SSSR count). The molecule has 1 N–H and O–H groups in total. The predicted molar refractivity (Wildman–Crippen MR) is 58.2 cm³/mol. The Kier molecular flexibility index (Phi) is 2.69. The number of aliphatic carboxylic acids is 1. The van der Waals surface area contributed by atoms with Gasteiger partial charge in [-0.05, 0) is 26.7 Å². The Labute approximate surface area is 94.5 Å². The van der Waals surface area contributed by atoms with Crippen LogP contribution in [0, 0.1) is 6.92 Å². The Morgan fingerprint density at radius 2 is 2.12 bits per heavy atom. The van der Waals surface area contributed by atoms with E-state index in [0.29, 0.717) is 18.5 Å². The third-order valence-corrected chi connectivity index (χ3v) is 3.60. The van der Waals surface area contributed by atoms with E-state index in [9.17, 15) is 9.90 Å². The van der Waals surface area contributed by atoms with Crippen LogP contribution in [0.3, 0.4) is 0 Å². The van der Waals surface area contributed by atoms with Crippen LogP contribution < -0.4 is 0 Å². The van der Waals surface area contributed by atoms with Gasteiger partial charge in [0.25, 0.3) is 0 Å². The zero-order valence-corrected chi connectivity index (χ0v) is 9.73. The summed E-state index contributed by atoms with van der Waals surface area (Å²) < 4.78 is 1.76. The van der Waals surface area contributed by atoms with Gasteiger partial charge >= 0.3 is 5.97 Å². The third kappa shape index (κ3) is 1.42. The summed E-state index contributed by atoms with van der Waals surface area (Å²) in [4.78, 5) is 11.5. The van der Waals surface area contributed by atoms with E-state index in [1.807, 2.05) is 13.8 Å². The number of hydrogen-bond donors (Lipinski definition) is 1. The van der Waals surface area contributed by atoms with Crippen LogP contribution in [-0.4, -0.2) is 26.1 Å². The maximum absolute atomic E-state index is 11.5. The molecule has 5 heteroatoms. The van der Waals surface area contributed by atoms with Gasteiger partial charge in [0.15, 0.2) is 0 Å². The Bertz CT molecular complexity index is 405. The van der Waals surface area contributed by atoms with Crippen molar-refractivity contribution in [2.45, 2.75) is 51.5 Å². The van der Waals surface area contributed by atoms with Crippen LogP contribution in [0.15, 0.2) is 0 Å². The lowest BCUT2D eigenvalue weighted by atomic mass is 9.82. The summed E-state index contributed by atoms with van der Waals surface area (Å²) in [5.41, 5.74) is 0.781. The fourth-order valence-corrected chi connectivity index (χ4v) is 2.63. The number of rotatable bonds is 3. The molecular formula is C11H17N3O2. The molecule has 0 aliphatic heterocycles. The van der Waals surface area contributed by atoms with Crippen molar-refractivity contribution in [1.29, 1.82) is 0 Å². The second kappa shape index (κ2) is 3.88. The lowest BCUT2D eigenvalue weighted by Gasteiger charge is -2.21. The highest BCUT2D eigenvalue weighted by atomic mass is 16.4. The number of carboxylic acids is 1. The van der Waals surface area contributed by atoms with Crippen molar-refractivity contribution in [3.8, 4) is 0 Å². The first-order valence-corrected chi connectivity index (χ1v) is 5.76. The van der Waals surface area contributed by atoms with Crippen molar-refractivity contribution in [1.82, 2.24) is 15.0 Å². The summed E-state index contributed by atoms with van der Waals surface area (Å²) in [6.07, 6.45) is 3.30. The smallest absolute Gasteiger partial charge is 0.315 e. The molecule has 0 bridgehead atoms. The highest BCUT2D eigenvalue weighted by Crippen LogP contribution is 2.41. The van der Waals surface area contributed by atoms with Gasteiger partial charge in [-0.3, -0.25) is 4.79 Å². The Morgan fingerprint density at radius 1 is 1.50 bits per heavy atom. The second-order valence-electron chi connectivity index (χ2n) is 4.43. The molecular weight excluding hydrogens is 206 g/mol. The maximum Gasteiger partial charge on any atom is 0.315 e. The first-order chi connectivity index (χ1) is 7.62. The van der Waals surface area contributed by atoms with Gasteiger partial charge in [0, 0.05) is 6.54 Å². The highest BCUT2D eigenvalue weighted by molar-refractivity contribution is 5.81. The van der Waals surface area contributed by atoms with Crippen LogP contribution in [0.25, 0.3) is 0 Å². The van der Waals surface area contributed by atoms with Gasteiger partial charge < -0.3 is 5.11 Å². The summed E-state index contributed by atoms with van der Waals surface area (Å²) in [5, 5.41) is 17.6. The predicted octanol–water partition coefficient (Wildman–Crippen LogP) is 1.50. The molecule has 16 heavy (non-hydrogen) atoms. The largest absolute Gasteiger partial charge is 0.481 e. The molecule has 1 aliphatic rings. The topological polar surface area (TPSA) is 68.0 Å². The van der Waals surface area contributed by atoms with Crippen LogP contribution in [0.5, 0.6) is 0 Å². The minimum Gasteiger partial charge on any atom is -0.481 e. The van der Waals surface area contributed by atoms with Crippen molar-refractivity contribution in [2.75, 3.05) is 0 Å². The van der Waals surface area contributed by atoms with E-state index < -0.39 is 11.4 Å². The average molecular weight is 223 g/mol. The zero-order valence-electron chi connectivity index (χ0n) is 9.73. The van der Waals surface area contributed by atoms with Gasteiger partial charge in [-0.25, -0.2) is 4.68 Å². The standard InChI is InChI=1S/C11H17N3O2/c1-3-14-8(2)9(12-13-14)11(10(15)16)6-4-5-7-11/h3-7H2,1-2H3,(H,15,16). The van der Waals surface area contributed by atoms with E-state index in [0.717, 1.165) is 25.1 Å². The minimum atomic E-state index is -0.780. The average Bonchev–Trinajstić information content (AvgIpc) is 2.84. The fraction of sp³-hybridized carbons (Fsp3) is 0.727. The Hall–Kier alpha value is -1.39. The summed E-state index contributed by atoms with van der Waals surface area (Å²) >= 11 is 0. The van der Waals surface area contributed by atoms with E-state index in [1.165, 1.54) is 0 Å². The van der Waals surface area contributed by atoms with Crippen molar-refractivity contribution in [3.63, 3.8) is 0 Å². The highest BCUT2D eigenvalue weighted by Gasteiger charge is 2.46. The number of carboxylic acid groups (broad SMARTS) is 1. The van der Waals surface area contributed by atoms with Gasteiger partial charge in [-0.2, -0.15) is 0 Å². The molecule has 1 aromatic heterocycles. The van der Waals surface area contributed by atoms with Crippen molar-refractivity contribution < 1.29 is 9.90 Å². The van der Waals surface area contributed by atoms with Gasteiger partial charge in [0.2, 0.25) is 0 Å². The Balaban J connectivity index is 2.47. The molecule has 0 aromatic carbocycles. The monoisotopic (exact) mass is 223 g/mol. The molecule has 1 heterocycles. The lowest BCUT2D eigenvalue weighted by molar-refractivity contribution is -0.143. The zero-order chi connectivity index (χ0) is 11.8. The van der Waals surface area contributed by atoms with Crippen molar-refractivity contribution >= 4 is 5.97 Å². The number of aromatic nitrogens is 3. The Morgan fingerprint density at radius 3 is 2.56 bits per heavy atom. The van der Waals surface area contributed by atoms with Crippen molar-refractivity contribution in [2.24, 2.45) is 0 Å². The second-order valence-corrected chi connectivity index (χ2v) is 4.43. The first-order valence-electron chi connectivity index (χ1n) is 5.76. The number of hydrogen-bond acceptors (Lipinski definition) is 3. The molecule has 1 saturated carbocycles. The van der Waals surface area contributed by atoms with E-state index in [1.54, 1.807) is 4.68 Å². The quantitative estimate of drug-likeness (QED) is 0.843. The molecule has 1 fully saturated rings. The SMILES string of the molecule is CCn1nnc(C2(C(=O)O)CCCC2)c1C. The summed E-state index contributed by atoms with van der Waals surface area (Å²) in [6, 6.07) is 0. The van der Waals surface area contributed by atoms with E-state index in [4.69, 9.17) is 0 Å². The van der Waals surface area contributed by atoms with Crippen LogP contribution in [0.1, 0.15) is 44.0 Å². The maximum atomic E-state index is 11.5. The number of carbonyl (C=O) groups is 1. The fourth-order valence-electron chi connectivity index (χ4n) is 2.63. The normalized spacial score (nSPS) is 18.9. The van der Waals surface area contributed by atoms with Gasteiger partial charge in [-0.1, -0.05) is 18.1 Å². The molecule has 5 nitrogen and oxygen atoms in total. The van der Waals surface area contributed by atoms with Crippen LogP contribution >= 0.6 is 0 Å². The van der Waals surface area contributed by atoms with Gasteiger partial charge in [0.1, 0.15) is 11.1 Å². The molecule has 88 valence electrons. The molecule has 0 radical (unpaired) electrons. The summed E-state index contributed by atoms with van der Waals surface area (Å²) in [5.74, 6) is -0.753. The third-order valence-electron chi connectivity index (χ3n) is 3.60. The van der Waals surface area contributed by atoms with Gasteiger partial charge in [0.05, 0.1) is 5.69 Å². The number of nitrogens with zero attached hydrogens (tertiary/aromatic N) is 3. The molecule has 1 aromatic rings. The molecule has 0 amide bonds. The molecule has 1 aliphatic carbocycles. The summed E-state index contributed by atoms with van der Waals surface area (Å²) in [7, 11) is 0. The van der Waals surface area contributed by atoms with E-state index in [2.05, 4.69) is 10.3 Å². The molecule has 0 atom stereocenters. The van der Waals surface area contributed by atoms with Crippen LogP contribution in [0.4, 0.5) is 0 Å². The molecule has 0 spiro atoms. The minimum absolute atomic E-state index is 0.666. The van der Waals surface area contributed by atoms with Crippen molar-refractivity contribution in [3.05, 3.63) is 11.4 Å².